The lowest BCUT2D eigenvalue weighted by Gasteiger charge is -2.14. The number of aliphatic hydroxyl groups excluding tert-OH is 1. The molecule has 28 heavy (non-hydrogen) atoms. The maximum absolute atomic E-state index is 12.2. The number of aryl methyl sites for hydroxylation is 1. The molecule has 2 aromatic carbocycles. The molecule has 0 bridgehead atoms. The number of benzene rings is 2. The van der Waals surface area contributed by atoms with Gasteiger partial charge in [0.25, 0.3) is 5.91 Å². The number of rotatable bonds is 6. The molecule has 0 aliphatic carbocycles. The third-order valence-electron chi connectivity index (χ3n) is 4.29. The maximum Gasteiger partial charge on any atom is 0.279 e. The number of para-hydroxylation sites is 2. The Morgan fingerprint density at radius 1 is 1.21 bits per heavy atom. The number of quaternary nitrogens is 1. The predicted molar refractivity (Wildman–Crippen MR) is 108 cm³/mol. The standard InChI is InChI=1S/C21H21N5O2/c1-14-7-9-15(10-8-14)23-20(28)13-26(2)12-19(27)16(11-22)21-24-17-5-3-4-6-18(17)25-21/h3-10,27H,12-13H2,1-2H3,(H,23,28)(H,24,25)/p+1/b19-16-. The van der Waals surface area contributed by atoms with Crippen LogP contribution in [0.15, 0.2) is 54.3 Å². The second-order valence-corrected chi connectivity index (χ2v) is 6.76. The molecule has 7 heteroatoms. The average molecular weight is 376 g/mol. The zero-order valence-corrected chi connectivity index (χ0v) is 15.8. The summed E-state index contributed by atoms with van der Waals surface area (Å²) >= 11 is 0. The van der Waals surface area contributed by atoms with Crippen molar-refractivity contribution >= 4 is 28.2 Å². The molecule has 7 nitrogen and oxygen atoms in total. The van der Waals surface area contributed by atoms with E-state index in [4.69, 9.17) is 0 Å². The van der Waals surface area contributed by atoms with Crippen molar-refractivity contribution in [1.29, 1.82) is 5.26 Å². The first kappa shape index (κ1) is 19.1. The molecule has 0 spiro atoms. The normalized spacial score (nSPS) is 12.9. The third-order valence-corrected chi connectivity index (χ3v) is 4.29. The Kier molecular flexibility index (Phi) is 5.72. The highest BCUT2D eigenvalue weighted by Crippen LogP contribution is 2.18. The van der Waals surface area contributed by atoms with Crippen molar-refractivity contribution in [2.24, 2.45) is 0 Å². The number of nitrogens with zero attached hydrogens (tertiary/aromatic N) is 2. The van der Waals surface area contributed by atoms with Crippen molar-refractivity contribution in [2.75, 3.05) is 25.5 Å². The molecule has 0 fully saturated rings. The van der Waals surface area contributed by atoms with Crippen LogP contribution in [0.3, 0.4) is 0 Å². The Bertz CT molecular complexity index is 1030. The summed E-state index contributed by atoms with van der Waals surface area (Å²) in [6, 6.07) is 16.9. The highest BCUT2D eigenvalue weighted by atomic mass is 16.3. The minimum atomic E-state index is -0.170. The summed E-state index contributed by atoms with van der Waals surface area (Å²) in [6.07, 6.45) is 0. The molecule has 0 saturated heterocycles. The van der Waals surface area contributed by atoms with Crippen LogP contribution in [0, 0.1) is 18.3 Å². The summed E-state index contributed by atoms with van der Waals surface area (Å²) in [7, 11) is 1.78. The van der Waals surface area contributed by atoms with Gasteiger partial charge in [0.2, 0.25) is 0 Å². The first-order chi connectivity index (χ1) is 13.5. The number of carbonyl (C=O) groups excluding carboxylic acids is 1. The van der Waals surface area contributed by atoms with Gasteiger partial charge in [0.15, 0.2) is 18.1 Å². The lowest BCUT2D eigenvalue weighted by molar-refractivity contribution is -0.867. The lowest BCUT2D eigenvalue weighted by Crippen LogP contribution is -3.10. The maximum atomic E-state index is 12.2. The van der Waals surface area contributed by atoms with Gasteiger partial charge in [-0.2, -0.15) is 5.26 Å². The number of aromatic amines is 1. The summed E-state index contributed by atoms with van der Waals surface area (Å²) in [5.41, 5.74) is 3.43. The zero-order chi connectivity index (χ0) is 20.1. The van der Waals surface area contributed by atoms with E-state index in [1.807, 2.05) is 61.5 Å². The highest BCUT2D eigenvalue weighted by Gasteiger charge is 2.18. The average Bonchev–Trinajstić information content (AvgIpc) is 3.07. The quantitative estimate of drug-likeness (QED) is 0.389. The number of aliphatic hydroxyl groups is 1. The number of amides is 1. The fourth-order valence-corrected chi connectivity index (χ4v) is 2.88. The molecule has 3 rings (SSSR count). The fraction of sp³-hybridized carbons (Fsp3) is 0.190. The number of aromatic nitrogens is 2. The van der Waals surface area contributed by atoms with E-state index in [2.05, 4.69) is 15.3 Å². The van der Waals surface area contributed by atoms with Gasteiger partial charge in [-0.3, -0.25) is 4.79 Å². The van der Waals surface area contributed by atoms with Gasteiger partial charge in [0, 0.05) is 5.69 Å². The summed E-state index contributed by atoms with van der Waals surface area (Å²) in [5.74, 6) is 0.0386. The number of hydrogen-bond donors (Lipinski definition) is 4. The summed E-state index contributed by atoms with van der Waals surface area (Å²) < 4.78 is 0. The van der Waals surface area contributed by atoms with Crippen LogP contribution >= 0.6 is 0 Å². The summed E-state index contributed by atoms with van der Waals surface area (Å²) in [6.45, 7) is 2.26. The van der Waals surface area contributed by atoms with Crippen LogP contribution in [0.2, 0.25) is 0 Å². The van der Waals surface area contributed by atoms with Crippen LogP contribution in [-0.2, 0) is 4.79 Å². The van der Waals surface area contributed by atoms with Crippen LogP contribution in [0.5, 0.6) is 0 Å². The van der Waals surface area contributed by atoms with Crippen LogP contribution in [0.1, 0.15) is 11.4 Å². The topological polar surface area (TPSA) is 106 Å². The van der Waals surface area contributed by atoms with E-state index in [-0.39, 0.29) is 30.3 Å². The van der Waals surface area contributed by atoms with Crippen molar-refractivity contribution in [3.63, 3.8) is 0 Å². The van der Waals surface area contributed by atoms with E-state index in [0.717, 1.165) is 27.2 Å². The van der Waals surface area contributed by atoms with Crippen molar-refractivity contribution in [3.8, 4) is 6.07 Å². The Labute approximate surface area is 162 Å². The molecule has 142 valence electrons. The monoisotopic (exact) mass is 376 g/mol. The number of H-pyrrole nitrogens is 1. The van der Waals surface area contributed by atoms with Gasteiger partial charge >= 0.3 is 0 Å². The van der Waals surface area contributed by atoms with E-state index < -0.39 is 0 Å². The molecule has 1 amide bonds. The molecule has 0 radical (unpaired) electrons. The SMILES string of the molecule is Cc1ccc(NC(=O)C[NH+](C)C/C(O)=C(\C#N)c2nc3ccccc3[nH]2)cc1. The van der Waals surface area contributed by atoms with Crippen LogP contribution in [-0.4, -0.2) is 41.1 Å². The van der Waals surface area contributed by atoms with E-state index in [1.165, 1.54) is 0 Å². The van der Waals surface area contributed by atoms with Crippen molar-refractivity contribution in [3.05, 3.63) is 65.7 Å². The van der Waals surface area contributed by atoms with Gasteiger partial charge in [-0.1, -0.05) is 29.8 Å². The molecular formula is C21H22N5O2+. The number of allylic oxidation sites excluding steroid dienone is 1. The van der Waals surface area contributed by atoms with E-state index in [0.29, 0.717) is 5.82 Å². The second-order valence-electron chi connectivity index (χ2n) is 6.76. The molecule has 0 saturated carbocycles. The van der Waals surface area contributed by atoms with Gasteiger partial charge in [-0.05, 0) is 31.2 Å². The Morgan fingerprint density at radius 2 is 1.93 bits per heavy atom. The molecule has 3 aromatic rings. The minimum absolute atomic E-state index is 0.0782. The lowest BCUT2D eigenvalue weighted by atomic mass is 10.2. The van der Waals surface area contributed by atoms with Crippen molar-refractivity contribution < 1.29 is 14.8 Å². The molecule has 4 N–H and O–H groups in total. The minimum Gasteiger partial charge on any atom is -0.506 e. The Balaban J connectivity index is 1.67. The molecular weight excluding hydrogens is 354 g/mol. The largest absolute Gasteiger partial charge is 0.506 e. The molecule has 1 aromatic heterocycles. The van der Waals surface area contributed by atoms with Gasteiger partial charge < -0.3 is 20.3 Å². The van der Waals surface area contributed by atoms with Gasteiger partial charge in [-0.15, -0.1) is 0 Å². The van der Waals surface area contributed by atoms with Gasteiger partial charge in [-0.25, -0.2) is 4.98 Å². The molecule has 1 unspecified atom stereocenters. The first-order valence-corrected chi connectivity index (χ1v) is 8.91. The van der Waals surface area contributed by atoms with Crippen LogP contribution < -0.4 is 10.2 Å². The summed E-state index contributed by atoms with van der Waals surface area (Å²) in [5, 5.41) is 22.7. The highest BCUT2D eigenvalue weighted by molar-refractivity contribution is 5.91. The van der Waals surface area contributed by atoms with E-state index in [9.17, 15) is 15.2 Å². The molecule has 0 aliphatic heterocycles. The summed E-state index contributed by atoms with van der Waals surface area (Å²) in [4.78, 5) is 20.3. The Morgan fingerprint density at radius 3 is 2.61 bits per heavy atom. The molecule has 1 heterocycles. The fourth-order valence-electron chi connectivity index (χ4n) is 2.88. The number of fused-ring (bicyclic) bond motifs is 1. The van der Waals surface area contributed by atoms with Crippen LogP contribution in [0.25, 0.3) is 16.6 Å². The Hall–Kier alpha value is -3.63. The zero-order valence-electron chi connectivity index (χ0n) is 15.8. The number of nitrogens with one attached hydrogen (secondary N) is 3. The second kappa shape index (κ2) is 8.37. The number of likely N-dealkylation sites (N-methyl/N-ethyl adjacent to an activating group) is 1. The van der Waals surface area contributed by atoms with Crippen molar-refractivity contribution in [2.45, 2.75) is 6.92 Å². The van der Waals surface area contributed by atoms with Crippen molar-refractivity contribution in [1.82, 2.24) is 9.97 Å². The number of carbonyl (C=O) groups is 1. The predicted octanol–water partition coefficient (Wildman–Crippen LogP) is 1.82. The number of imidazole rings is 1. The molecule has 0 aliphatic rings. The number of hydrogen-bond acceptors (Lipinski definition) is 4. The van der Waals surface area contributed by atoms with Crippen LogP contribution in [0.4, 0.5) is 5.69 Å². The first-order valence-electron chi connectivity index (χ1n) is 8.91. The molecule has 1 atom stereocenters. The number of nitriles is 1. The van der Waals surface area contributed by atoms with E-state index >= 15 is 0 Å². The van der Waals surface area contributed by atoms with Gasteiger partial charge in [0.05, 0.1) is 18.1 Å². The van der Waals surface area contributed by atoms with E-state index in [1.54, 1.807) is 7.05 Å². The third kappa shape index (κ3) is 4.55. The smallest absolute Gasteiger partial charge is 0.279 e. The number of anilines is 1. The van der Waals surface area contributed by atoms with Gasteiger partial charge in [0.1, 0.15) is 18.2 Å².